The average Bonchev–Trinajstić information content (AvgIpc) is 3.13. The van der Waals surface area contributed by atoms with E-state index >= 15 is 0 Å². The fourth-order valence-corrected chi connectivity index (χ4v) is 4.08. The topological polar surface area (TPSA) is 54.3 Å². The van der Waals surface area contributed by atoms with Crippen LogP contribution in [-0.2, 0) is 7.05 Å². The minimum absolute atomic E-state index is 0. The van der Waals surface area contributed by atoms with Gasteiger partial charge in [-0.05, 0) is 57.7 Å². The molecule has 146 valence electrons. The lowest BCUT2D eigenvalue weighted by molar-refractivity contribution is 0.0976. The number of fused-ring (bicyclic) bond motifs is 1. The number of hydrogen-bond acceptors (Lipinski definition) is 5. The van der Waals surface area contributed by atoms with Gasteiger partial charge in [-0.3, -0.25) is 14.4 Å². The van der Waals surface area contributed by atoms with Crippen LogP contribution in [0.5, 0.6) is 0 Å². The van der Waals surface area contributed by atoms with E-state index in [1.807, 2.05) is 39.2 Å². The van der Waals surface area contributed by atoms with E-state index in [4.69, 9.17) is 11.6 Å². The van der Waals surface area contributed by atoms with Gasteiger partial charge < -0.3 is 4.90 Å². The van der Waals surface area contributed by atoms with Crippen molar-refractivity contribution < 1.29 is 4.79 Å². The standard InChI is InChI=1S/C18H22ClN5OS.ClH/c1-12-11-20-23(4)16(12)17(25)24(9-5-8-22(2)3)18-21-14-7-6-13(19)10-15(14)26-18;/h6-7,10-11H,5,8-9H2,1-4H3;1H. The SMILES string of the molecule is Cc1cnn(C)c1C(=O)N(CCCN(C)C)c1nc2ccc(Cl)cc2s1.Cl. The van der Waals surface area contributed by atoms with Crippen molar-refractivity contribution in [2.24, 2.45) is 7.05 Å². The van der Waals surface area contributed by atoms with E-state index in [9.17, 15) is 4.79 Å². The Labute approximate surface area is 174 Å². The molecule has 0 radical (unpaired) electrons. The van der Waals surface area contributed by atoms with E-state index in [1.165, 1.54) is 11.3 Å². The lowest BCUT2D eigenvalue weighted by Gasteiger charge is -2.21. The Hall–Kier alpha value is -1.67. The normalized spacial score (nSPS) is 11.0. The molecular formula is C18H23Cl2N5OS. The van der Waals surface area contributed by atoms with Gasteiger partial charge in [0, 0.05) is 18.6 Å². The van der Waals surface area contributed by atoms with Crippen LogP contribution in [0.3, 0.4) is 0 Å². The molecule has 0 bridgehead atoms. The molecule has 0 atom stereocenters. The van der Waals surface area contributed by atoms with Crippen LogP contribution in [0, 0.1) is 6.92 Å². The first-order valence-corrected chi connectivity index (χ1v) is 9.57. The third kappa shape index (κ3) is 4.79. The lowest BCUT2D eigenvalue weighted by atomic mass is 10.2. The number of amides is 1. The number of rotatable bonds is 6. The van der Waals surface area contributed by atoms with Gasteiger partial charge in [0.15, 0.2) is 5.13 Å². The summed E-state index contributed by atoms with van der Waals surface area (Å²) >= 11 is 7.57. The average molecular weight is 428 g/mol. The van der Waals surface area contributed by atoms with Crippen LogP contribution in [0.25, 0.3) is 10.2 Å². The summed E-state index contributed by atoms with van der Waals surface area (Å²) in [6.07, 6.45) is 2.57. The number of nitrogens with zero attached hydrogens (tertiary/aromatic N) is 5. The highest BCUT2D eigenvalue weighted by atomic mass is 35.5. The minimum Gasteiger partial charge on any atom is -0.309 e. The molecule has 0 saturated heterocycles. The number of anilines is 1. The molecule has 27 heavy (non-hydrogen) atoms. The Morgan fingerprint density at radius 3 is 2.67 bits per heavy atom. The smallest absolute Gasteiger partial charge is 0.278 e. The summed E-state index contributed by atoms with van der Waals surface area (Å²) in [6.45, 7) is 3.39. The van der Waals surface area contributed by atoms with Gasteiger partial charge in [-0.2, -0.15) is 5.10 Å². The highest BCUT2D eigenvalue weighted by molar-refractivity contribution is 7.22. The van der Waals surface area contributed by atoms with E-state index in [1.54, 1.807) is 22.8 Å². The second-order valence-corrected chi connectivity index (χ2v) is 7.97. The van der Waals surface area contributed by atoms with Gasteiger partial charge in [0.05, 0.1) is 16.4 Å². The van der Waals surface area contributed by atoms with E-state index < -0.39 is 0 Å². The Bertz CT molecular complexity index is 918. The highest BCUT2D eigenvalue weighted by Gasteiger charge is 2.25. The monoisotopic (exact) mass is 427 g/mol. The van der Waals surface area contributed by atoms with E-state index in [0.29, 0.717) is 22.4 Å². The summed E-state index contributed by atoms with van der Waals surface area (Å²) in [5, 5.41) is 5.56. The number of carbonyl (C=O) groups is 1. The van der Waals surface area contributed by atoms with E-state index in [2.05, 4.69) is 15.0 Å². The van der Waals surface area contributed by atoms with Crippen molar-refractivity contribution >= 4 is 56.6 Å². The zero-order valence-electron chi connectivity index (χ0n) is 15.8. The first-order valence-electron chi connectivity index (χ1n) is 8.38. The van der Waals surface area contributed by atoms with Gasteiger partial charge in [0.25, 0.3) is 5.91 Å². The van der Waals surface area contributed by atoms with Crippen molar-refractivity contribution in [1.29, 1.82) is 0 Å². The van der Waals surface area contributed by atoms with Gasteiger partial charge >= 0.3 is 0 Å². The lowest BCUT2D eigenvalue weighted by Crippen LogP contribution is -2.35. The fourth-order valence-electron chi connectivity index (χ4n) is 2.81. The molecule has 3 aromatic rings. The van der Waals surface area contributed by atoms with Crippen LogP contribution in [0.15, 0.2) is 24.4 Å². The van der Waals surface area contributed by atoms with Crippen LogP contribution in [0.4, 0.5) is 5.13 Å². The largest absolute Gasteiger partial charge is 0.309 e. The molecular weight excluding hydrogens is 405 g/mol. The van der Waals surface area contributed by atoms with Gasteiger partial charge in [-0.1, -0.05) is 22.9 Å². The molecule has 0 aliphatic carbocycles. The van der Waals surface area contributed by atoms with Crippen molar-refractivity contribution in [2.75, 3.05) is 32.1 Å². The maximum absolute atomic E-state index is 13.3. The summed E-state index contributed by atoms with van der Waals surface area (Å²) in [6, 6.07) is 5.59. The van der Waals surface area contributed by atoms with E-state index in [0.717, 1.165) is 28.7 Å². The second kappa shape index (κ2) is 9.01. The number of benzene rings is 1. The summed E-state index contributed by atoms with van der Waals surface area (Å²) < 4.78 is 2.60. The summed E-state index contributed by atoms with van der Waals surface area (Å²) in [4.78, 5) is 21.8. The zero-order chi connectivity index (χ0) is 18.8. The van der Waals surface area contributed by atoms with Crippen LogP contribution in [0.2, 0.25) is 5.02 Å². The molecule has 3 rings (SSSR count). The number of thiazole rings is 1. The van der Waals surface area contributed by atoms with Crippen LogP contribution in [0.1, 0.15) is 22.5 Å². The summed E-state index contributed by atoms with van der Waals surface area (Å²) in [5.41, 5.74) is 2.30. The number of aromatic nitrogens is 3. The third-order valence-electron chi connectivity index (χ3n) is 4.13. The van der Waals surface area contributed by atoms with Crippen molar-refractivity contribution in [2.45, 2.75) is 13.3 Å². The molecule has 0 saturated carbocycles. The molecule has 2 heterocycles. The zero-order valence-corrected chi connectivity index (χ0v) is 18.2. The fraction of sp³-hybridized carbons (Fsp3) is 0.389. The molecule has 9 heteroatoms. The second-order valence-electron chi connectivity index (χ2n) is 6.52. The molecule has 2 aromatic heterocycles. The molecule has 1 amide bonds. The number of aryl methyl sites for hydroxylation is 2. The predicted molar refractivity (Wildman–Crippen MR) is 115 cm³/mol. The van der Waals surface area contributed by atoms with Crippen molar-refractivity contribution in [3.05, 3.63) is 40.7 Å². The van der Waals surface area contributed by atoms with Gasteiger partial charge in [-0.15, -0.1) is 12.4 Å². The van der Waals surface area contributed by atoms with Crippen LogP contribution >= 0.6 is 35.3 Å². The molecule has 0 aliphatic rings. The highest BCUT2D eigenvalue weighted by Crippen LogP contribution is 2.31. The minimum atomic E-state index is -0.0774. The van der Waals surface area contributed by atoms with Gasteiger partial charge in [-0.25, -0.2) is 4.98 Å². The molecule has 1 aromatic carbocycles. The Morgan fingerprint density at radius 2 is 2.04 bits per heavy atom. The number of hydrogen-bond donors (Lipinski definition) is 0. The maximum atomic E-state index is 13.3. The first-order chi connectivity index (χ1) is 12.4. The number of carbonyl (C=O) groups excluding carboxylic acids is 1. The summed E-state index contributed by atoms with van der Waals surface area (Å²) in [5.74, 6) is -0.0774. The molecule has 0 aliphatic heterocycles. The molecule has 0 fully saturated rings. The third-order valence-corrected chi connectivity index (χ3v) is 5.40. The maximum Gasteiger partial charge on any atom is 0.278 e. The quantitative estimate of drug-likeness (QED) is 0.595. The molecule has 0 spiro atoms. The van der Waals surface area contributed by atoms with Crippen molar-refractivity contribution in [3.8, 4) is 0 Å². The molecule has 0 N–H and O–H groups in total. The van der Waals surface area contributed by atoms with E-state index in [-0.39, 0.29) is 18.3 Å². The van der Waals surface area contributed by atoms with Crippen LogP contribution < -0.4 is 4.90 Å². The molecule has 6 nitrogen and oxygen atoms in total. The Balaban J connectivity index is 0.00000261. The first kappa shape index (κ1) is 21.6. The van der Waals surface area contributed by atoms with Gasteiger partial charge in [0.2, 0.25) is 0 Å². The van der Waals surface area contributed by atoms with Crippen molar-refractivity contribution in [1.82, 2.24) is 19.7 Å². The molecule has 0 unspecified atom stereocenters. The predicted octanol–water partition coefficient (Wildman–Crippen LogP) is 4.01. The van der Waals surface area contributed by atoms with Gasteiger partial charge in [0.1, 0.15) is 5.69 Å². The Morgan fingerprint density at radius 1 is 1.30 bits per heavy atom. The summed E-state index contributed by atoms with van der Waals surface area (Å²) in [7, 11) is 5.84. The van der Waals surface area contributed by atoms with Crippen molar-refractivity contribution in [3.63, 3.8) is 0 Å². The number of halogens is 2. The van der Waals surface area contributed by atoms with Crippen LogP contribution in [-0.4, -0.2) is 52.8 Å². The Kier molecular flexibility index (Phi) is 7.22.